The number of rotatable bonds is 2. The molecule has 0 saturated carbocycles. The Hall–Kier alpha value is -1.56. The van der Waals surface area contributed by atoms with Gasteiger partial charge in [-0.05, 0) is 6.92 Å². The Kier molecular flexibility index (Phi) is 2.65. The predicted octanol–water partition coefficient (Wildman–Crippen LogP) is 0.854. The van der Waals surface area contributed by atoms with Gasteiger partial charge in [0.15, 0.2) is 0 Å². The molecule has 0 amide bonds. The third-order valence-electron chi connectivity index (χ3n) is 1.51. The molecule has 0 N–H and O–H groups in total. The fraction of sp³-hybridized carbons (Fsp3) is 0.333. The van der Waals surface area contributed by atoms with Gasteiger partial charge in [0, 0.05) is 18.8 Å². The van der Waals surface area contributed by atoms with Gasteiger partial charge in [-0.1, -0.05) is 5.92 Å². The molecule has 0 aliphatic heterocycles. The number of aromatic nitrogens is 2. The van der Waals surface area contributed by atoms with Crippen LogP contribution in [0, 0.1) is 19.3 Å². The maximum atomic E-state index is 5.17. The number of anilines is 1. The first-order valence-electron chi connectivity index (χ1n) is 3.67. The molecule has 0 radical (unpaired) electrons. The molecular weight excluding hydrogens is 150 g/mol. The minimum atomic E-state index is 0.566. The highest BCUT2D eigenvalue weighted by atomic mass is 15.2. The number of nitrogens with zero attached hydrogens (tertiary/aromatic N) is 3. The molecule has 0 fully saturated rings. The Morgan fingerprint density at radius 2 is 2.33 bits per heavy atom. The molecule has 3 nitrogen and oxygen atoms in total. The van der Waals surface area contributed by atoms with Crippen molar-refractivity contribution >= 4 is 5.82 Å². The summed E-state index contributed by atoms with van der Waals surface area (Å²) in [4.78, 5) is 9.97. The van der Waals surface area contributed by atoms with Crippen LogP contribution in [0.5, 0.6) is 0 Å². The Balaban J connectivity index is 2.82. The quantitative estimate of drug-likeness (QED) is 0.602. The molecule has 0 bridgehead atoms. The summed E-state index contributed by atoms with van der Waals surface area (Å²) in [5.74, 6) is 3.41. The summed E-state index contributed by atoms with van der Waals surface area (Å²) in [7, 11) is 1.90. The molecule has 3 heteroatoms. The average Bonchev–Trinajstić information content (AvgIpc) is 2.05. The van der Waals surface area contributed by atoms with Crippen LogP contribution in [-0.4, -0.2) is 23.6 Å². The molecule has 12 heavy (non-hydrogen) atoms. The van der Waals surface area contributed by atoms with Crippen LogP contribution in [0.1, 0.15) is 5.69 Å². The van der Waals surface area contributed by atoms with Crippen molar-refractivity contribution < 1.29 is 0 Å². The lowest BCUT2D eigenvalue weighted by atomic mass is 10.4. The summed E-state index contributed by atoms with van der Waals surface area (Å²) in [6.07, 6.45) is 6.71. The Labute approximate surface area is 72.5 Å². The minimum absolute atomic E-state index is 0.566. The molecule has 1 aromatic rings. The molecule has 0 unspecified atom stereocenters. The van der Waals surface area contributed by atoms with Crippen LogP contribution in [0.3, 0.4) is 0 Å². The van der Waals surface area contributed by atoms with E-state index < -0.39 is 0 Å². The smallest absolute Gasteiger partial charge is 0.132 e. The van der Waals surface area contributed by atoms with Crippen molar-refractivity contribution in [3.05, 3.63) is 18.1 Å². The van der Waals surface area contributed by atoms with Crippen LogP contribution in [-0.2, 0) is 0 Å². The van der Waals surface area contributed by atoms with Gasteiger partial charge in [0.05, 0.1) is 6.54 Å². The summed E-state index contributed by atoms with van der Waals surface area (Å²) in [5.41, 5.74) is 0.948. The molecular formula is C9H11N3. The van der Waals surface area contributed by atoms with Crippen molar-refractivity contribution in [3.63, 3.8) is 0 Å². The van der Waals surface area contributed by atoms with E-state index in [0.29, 0.717) is 6.54 Å². The Bertz CT molecular complexity index is 301. The maximum absolute atomic E-state index is 5.17. The van der Waals surface area contributed by atoms with Crippen molar-refractivity contribution in [1.82, 2.24) is 9.97 Å². The van der Waals surface area contributed by atoms with E-state index in [-0.39, 0.29) is 0 Å². The SMILES string of the molecule is C#CCN(C)c1cc(C)ncn1. The average molecular weight is 161 g/mol. The van der Waals surface area contributed by atoms with E-state index in [1.165, 1.54) is 6.33 Å². The minimum Gasteiger partial charge on any atom is -0.348 e. The molecule has 0 saturated heterocycles. The van der Waals surface area contributed by atoms with Crippen LogP contribution in [0.15, 0.2) is 12.4 Å². The second kappa shape index (κ2) is 3.72. The zero-order valence-corrected chi connectivity index (χ0v) is 7.28. The van der Waals surface area contributed by atoms with Crippen molar-refractivity contribution in [2.24, 2.45) is 0 Å². The van der Waals surface area contributed by atoms with Crippen LogP contribution < -0.4 is 4.90 Å². The van der Waals surface area contributed by atoms with Gasteiger partial charge in [0.1, 0.15) is 12.1 Å². The van der Waals surface area contributed by atoms with Crippen LogP contribution in [0.4, 0.5) is 5.82 Å². The molecule has 0 aliphatic rings. The van der Waals surface area contributed by atoms with Gasteiger partial charge in [-0.3, -0.25) is 0 Å². The summed E-state index contributed by atoms with van der Waals surface area (Å²) in [6, 6.07) is 1.90. The lowest BCUT2D eigenvalue weighted by Gasteiger charge is -2.14. The van der Waals surface area contributed by atoms with E-state index in [2.05, 4.69) is 15.9 Å². The second-order valence-electron chi connectivity index (χ2n) is 2.58. The number of hydrogen-bond donors (Lipinski definition) is 0. The first kappa shape index (κ1) is 8.54. The largest absolute Gasteiger partial charge is 0.348 e. The molecule has 1 heterocycles. The van der Waals surface area contributed by atoms with Crippen molar-refractivity contribution in [2.45, 2.75) is 6.92 Å². The van der Waals surface area contributed by atoms with Crippen LogP contribution in [0.25, 0.3) is 0 Å². The van der Waals surface area contributed by atoms with Gasteiger partial charge < -0.3 is 4.90 Å². The highest BCUT2D eigenvalue weighted by molar-refractivity contribution is 5.38. The Morgan fingerprint density at radius 1 is 1.58 bits per heavy atom. The third-order valence-corrected chi connectivity index (χ3v) is 1.51. The Morgan fingerprint density at radius 3 is 2.92 bits per heavy atom. The highest BCUT2D eigenvalue weighted by Gasteiger charge is 1.99. The number of terminal acetylenes is 1. The molecule has 0 spiro atoms. The summed E-state index contributed by atoms with van der Waals surface area (Å²) < 4.78 is 0. The normalized spacial score (nSPS) is 9.08. The lowest BCUT2D eigenvalue weighted by molar-refractivity contribution is 0.975. The van der Waals surface area contributed by atoms with Gasteiger partial charge >= 0.3 is 0 Å². The van der Waals surface area contributed by atoms with Crippen LogP contribution >= 0.6 is 0 Å². The zero-order valence-electron chi connectivity index (χ0n) is 7.28. The standard InChI is InChI=1S/C9H11N3/c1-4-5-12(3)9-6-8(2)10-7-11-9/h1,6-7H,5H2,2-3H3. The topological polar surface area (TPSA) is 29.0 Å². The van der Waals surface area contributed by atoms with Crippen molar-refractivity contribution in [2.75, 3.05) is 18.5 Å². The fourth-order valence-electron chi connectivity index (χ4n) is 0.867. The van der Waals surface area contributed by atoms with Crippen LogP contribution in [0.2, 0.25) is 0 Å². The van der Waals surface area contributed by atoms with Crippen molar-refractivity contribution in [3.8, 4) is 12.3 Å². The molecule has 0 aliphatic carbocycles. The van der Waals surface area contributed by atoms with Gasteiger partial charge in [0.2, 0.25) is 0 Å². The van der Waals surface area contributed by atoms with Gasteiger partial charge in [0.25, 0.3) is 0 Å². The number of hydrogen-bond acceptors (Lipinski definition) is 3. The van der Waals surface area contributed by atoms with E-state index in [1.54, 1.807) is 0 Å². The van der Waals surface area contributed by atoms with Gasteiger partial charge in [-0.25, -0.2) is 9.97 Å². The summed E-state index contributed by atoms with van der Waals surface area (Å²) >= 11 is 0. The molecule has 1 rings (SSSR count). The molecule has 1 aromatic heterocycles. The van der Waals surface area contributed by atoms with E-state index in [0.717, 1.165) is 11.5 Å². The van der Waals surface area contributed by atoms with E-state index in [9.17, 15) is 0 Å². The third kappa shape index (κ3) is 1.96. The first-order chi connectivity index (χ1) is 5.74. The highest BCUT2D eigenvalue weighted by Crippen LogP contribution is 2.06. The zero-order chi connectivity index (χ0) is 8.97. The second-order valence-corrected chi connectivity index (χ2v) is 2.58. The first-order valence-corrected chi connectivity index (χ1v) is 3.67. The van der Waals surface area contributed by atoms with E-state index in [4.69, 9.17) is 6.42 Å². The maximum Gasteiger partial charge on any atom is 0.132 e. The van der Waals surface area contributed by atoms with Gasteiger partial charge in [-0.2, -0.15) is 0 Å². The predicted molar refractivity (Wildman–Crippen MR) is 48.9 cm³/mol. The molecule has 62 valence electrons. The summed E-state index contributed by atoms with van der Waals surface area (Å²) in [6.45, 7) is 2.49. The van der Waals surface area contributed by atoms with Crippen molar-refractivity contribution in [1.29, 1.82) is 0 Å². The monoisotopic (exact) mass is 161 g/mol. The summed E-state index contributed by atoms with van der Waals surface area (Å²) in [5, 5.41) is 0. The molecule has 0 aromatic carbocycles. The van der Waals surface area contributed by atoms with E-state index >= 15 is 0 Å². The fourth-order valence-corrected chi connectivity index (χ4v) is 0.867. The number of aryl methyl sites for hydroxylation is 1. The lowest BCUT2D eigenvalue weighted by Crippen LogP contribution is -2.18. The van der Waals surface area contributed by atoms with Gasteiger partial charge in [-0.15, -0.1) is 6.42 Å². The van der Waals surface area contributed by atoms with E-state index in [1.807, 2.05) is 24.9 Å². The molecule has 0 atom stereocenters.